The predicted octanol–water partition coefficient (Wildman–Crippen LogP) is 4.85. The first-order valence-corrected chi connectivity index (χ1v) is 8.97. The van der Waals surface area contributed by atoms with Crippen LogP contribution in [0.1, 0.15) is 10.4 Å². The van der Waals surface area contributed by atoms with Crippen LogP contribution in [0.25, 0.3) is 0 Å². The largest absolute Gasteiger partial charge is 0.481 e. The van der Waals surface area contributed by atoms with Gasteiger partial charge >= 0.3 is 0 Å². The summed E-state index contributed by atoms with van der Waals surface area (Å²) in [6, 6.07) is 15.3. The Morgan fingerprint density at radius 2 is 1.90 bits per heavy atom. The highest BCUT2D eigenvalue weighted by molar-refractivity contribution is 6.31. The minimum Gasteiger partial charge on any atom is -0.481 e. The number of nitrogens with one attached hydrogen (secondary N) is 2. The first-order valence-electron chi connectivity index (χ1n) is 8.59. The highest BCUT2D eigenvalue weighted by Crippen LogP contribution is 2.37. The van der Waals surface area contributed by atoms with Crippen molar-refractivity contribution in [1.29, 1.82) is 0 Å². The summed E-state index contributed by atoms with van der Waals surface area (Å²) in [6.07, 6.45) is 0. The molecule has 146 valence electrons. The molecule has 8 heteroatoms. The van der Waals surface area contributed by atoms with Crippen LogP contribution >= 0.6 is 11.6 Å². The van der Waals surface area contributed by atoms with Gasteiger partial charge in [0.2, 0.25) is 0 Å². The molecule has 3 aromatic carbocycles. The van der Waals surface area contributed by atoms with Crippen LogP contribution in [-0.2, 0) is 4.79 Å². The number of anilines is 2. The van der Waals surface area contributed by atoms with E-state index >= 15 is 0 Å². The monoisotopic (exact) mass is 412 g/mol. The van der Waals surface area contributed by atoms with E-state index in [-0.39, 0.29) is 17.9 Å². The number of rotatable bonds is 4. The number of fused-ring (bicyclic) bond motifs is 2. The average molecular weight is 413 g/mol. The van der Waals surface area contributed by atoms with E-state index in [4.69, 9.17) is 21.1 Å². The second-order valence-corrected chi connectivity index (χ2v) is 6.61. The Hall–Kier alpha value is -3.58. The lowest BCUT2D eigenvalue weighted by Crippen LogP contribution is -2.21. The van der Waals surface area contributed by atoms with Gasteiger partial charge in [0.1, 0.15) is 5.75 Å². The van der Waals surface area contributed by atoms with Gasteiger partial charge in [0.25, 0.3) is 11.8 Å². The highest BCUT2D eigenvalue weighted by Gasteiger charge is 2.22. The zero-order valence-corrected chi connectivity index (χ0v) is 15.6. The Morgan fingerprint density at radius 3 is 2.72 bits per heavy atom. The smallest absolute Gasteiger partial charge is 0.262 e. The molecule has 0 saturated heterocycles. The molecule has 4 rings (SSSR count). The van der Waals surface area contributed by atoms with E-state index in [2.05, 4.69) is 10.6 Å². The quantitative estimate of drug-likeness (QED) is 0.642. The van der Waals surface area contributed by atoms with Crippen molar-refractivity contribution in [2.75, 3.05) is 17.2 Å². The maximum atomic E-state index is 13.6. The summed E-state index contributed by atoms with van der Waals surface area (Å²) in [4.78, 5) is 24.7. The summed E-state index contributed by atoms with van der Waals surface area (Å²) in [6.45, 7) is -0.384. The van der Waals surface area contributed by atoms with Gasteiger partial charge in [-0.15, -0.1) is 0 Å². The Labute approximate surface area is 170 Å². The summed E-state index contributed by atoms with van der Waals surface area (Å²) >= 11 is 5.97. The molecule has 0 atom stereocenters. The van der Waals surface area contributed by atoms with Crippen molar-refractivity contribution < 1.29 is 23.5 Å². The van der Waals surface area contributed by atoms with Gasteiger partial charge in [-0.25, -0.2) is 4.39 Å². The number of hydrogen-bond acceptors (Lipinski definition) is 4. The molecule has 0 aromatic heterocycles. The van der Waals surface area contributed by atoms with E-state index in [9.17, 15) is 14.0 Å². The molecule has 0 radical (unpaired) electrons. The van der Waals surface area contributed by atoms with Crippen LogP contribution in [0.5, 0.6) is 17.2 Å². The van der Waals surface area contributed by atoms with Gasteiger partial charge < -0.3 is 20.1 Å². The Kier molecular flexibility index (Phi) is 5.05. The number of carbonyl (C=O) groups is 2. The number of carbonyl (C=O) groups excluding carboxylic acids is 2. The lowest BCUT2D eigenvalue weighted by atomic mass is 10.1. The zero-order valence-electron chi connectivity index (χ0n) is 14.9. The van der Waals surface area contributed by atoms with Crippen molar-refractivity contribution in [2.45, 2.75) is 0 Å². The molecular formula is C21H14ClFN2O4. The van der Waals surface area contributed by atoms with Crippen LogP contribution in [0.2, 0.25) is 5.02 Å². The third kappa shape index (κ3) is 4.14. The fourth-order valence-electron chi connectivity index (χ4n) is 2.77. The Morgan fingerprint density at radius 1 is 1.10 bits per heavy atom. The molecule has 2 amide bonds. The van der Waals surface area contributed by atoms with Crippen molar-refractivity contribution in [3.05, 3.63) is 77.1 Å². The van der Waals surface area contributed by atoms with Gasteiger partial charge in [0, 0.05) is 10.7 Å². The second-order valence-electron chi connectivity index (χ2n) is 6.17. The fourth-order valence-corrected chi connectivity index (χ4v) is 2.95. The molecule has 29 heavy (non-hydrogen) atoms. The summed E-state index contributed by atoms with van der Waals surface area (Å²) in [5.41, 5.74) is 1.06. The van der Waals surface area contributed by atoms with Crippen LogP contribution in [0.3, 0.4) is 0 Å². The van der Waals surface area contributed by atoms with Gasteiger partial charge in [-0.05, 0) is 48.5 Å². The van der Waals surface area contributed by atoms with Gasteiger partial charge in [0.05, 0.1) is 11.3 Å². The van der Waals surface area contributed by atoms with E-state index in [0.717, 1.165) is 0 Å². The van der Waals surface area contributed by atoms with Crippen LogP contribution in [-0.4, -0.2) is 18.4 Å². The van der Waals surface area contributed by atoms with E-state index < -0.39 is 17.6 Å². The molecule has 2 N–H and O–H groups in total. The number of halogens is 2. The molecule has 0 aliphatic carbocycles. The fraction of sp³-hybridized carbons (Fsp3) is 0.0476. The highest BCUT2D eigenvalue weighted by atomic mass is 35.5. The van der Waals surface area contributed by atoms with Crippen LogP contribution in [0, 0.1) is 5.82 Å². The maximum absolute atomic E-state index is 13.6. The molecule has 0 bridgehead atoms. The topological polar surface area (TPSA) is 76.7 Å². The molecule has 0 spiro atoms. The van der Waals surface area contributed by atoms with Crippen molar-refractivity contribution in [3.63, 3.8) is 0 Å². The molecule has 1 heterocycles. The number of amides is 2. The normalized spacial score (nSPS) is 12.0. The standard InChI is InChI=1S/C21H14ClFN2O4/c22-12-5-7-19-16(9-12)25-21(27)14-10-13(6-8-17(14)29-19)24-20(26)11-28-18-4-2-1-3-15(18)23/h1-10H,11H2,(H,24,26)(H,25,27). The summed E-state index contributed by atoms with van der Waals surface area (Å²) in [7, 11) is 0. The van der Waals surface area contributed by atoms with Crippen molar-refractivity contribution in [2.24, 2.45) is 0 Å². The Balaban J connectivity index is 1.48. The minimum absolute atomic E-state index is 0.0196. The summed E-state index contributed by atoms with van der Waals surface area (Å²) < 4.78 is 24.5. The molecular weight excluding hydrogens is 399 g/mol. The van der Waals surface area contributed by atoms with E-state index in [1.165, 1.54) is 24.3 Å². The molecule has 1 aliphatic heterocycles. The van der Waals surface area contributed by atoms with Crippen molar-refractivity contribution >= 4 is 34.8 Å². The number of benzene rings is 3. The third-order valence-electron chi connectivity index (χ3n) is 4.11. The van der Waals surface area contributed by atoms with Crippen molar-refractivity contribution in [1.82, 2.24) is 0 Å². The number of ether oxygens (including phenoxy) is 2. The second kappa shape index (κ2) is 7.81. The van der Waals surface area contributed by atoms with Crippen LogP contribution < -0.4 is 20.1 Å². The van der Waals surface area contributed by atoms with Gasteiger partial charge in [-0.1, -0.05) is 23.7 Å². The molecule has 0 saturated carbocycles. The maximum Gasteiger partial charge on any atom is 0.262 e. The van der Waals surface area contributed by atoms with Crippen molar-refractivity contribution in [3.8, 4) is 17.2 Å². The molecule has 6 nitrogen and oxygen atoms in total. The summed E-state index contributed by atoms with van der Waals surface area (Å²) in [5, 5.41) is 5.79. The third-order valence-corrected chi connectivity index (χ3v) is 4.35. The first kappa shape index (κ1) is 18.8. The lowest BCUT2D eigenvalue weighted by molar-refractivity contribution is -0.118. The lowest BCUT2D eigenvalue weighted by Gasteiger charge is -2.11. The molecule has 0 fully saturated rings. The predicted molar refractivity (Wildman–Crippen MR) is 106 cm³/mol. The summed E-state index contributed by atoms with van der Waals surface area (Å²) in [5.74, 6) is -0.689. The minimum atomic E-state index is -0.557. The SMILES string of the molecule is O=C(COc1ccccc1F)Nc1ccc2c(c1)C(=O)Nc1cc(Cl)ccc1O2. The Bertz CT molecular complexity index is 1120. The van der Waals surface area contributed by atoms with Gasteiger partial charge in [0.15, 0.2) is 23.9 Å². The van der Waals surface area contributed by atoms with Crippen LogP contribution in [0.4, 0.5) is 15.8 Å². The molecule has 3 aromatic rings. The first-order chi connectivity index (χ1) is 14.0. The average Bonchev–Trinajstić information content (AvgIpc) is 2.83. The number of hydrogen-bond donors (Lipinski definition) is 2. The molecule has 0 unspecified atom stereocenters. The van der Waals surface area contributed by atoms with Gasteiger partial charge in [-0.3, -0.25) is 9.59 Å². The molecule has 1 aliphatic rings. The van der Waals surface area contributed by atoms with E-state index in [1.807, 2.05) is 0 Å². The number of para-hydroxylation sites is 1. The van der Waals surface area contributed by atoms with Gasteiger partial charge in [-0.2, -0.15) is 0 Å². The zero-order chi connectivity index (χ0) is 20.4. The van der Waals surface area contributed by atoms with Crippen LogP contribution in [0.15, 0.2) is 60.7 Å². The van der Waals surface area contributed by atoms with E-state index in [0.29, 0.717) is 27.9 Å². The van der Waals surface area contributed by atoms with E-state index in [1.54, 1.807) is 36.4 Å².